The van der Waals surface area contributed by atoms with E-state index in [-0.39, 0.29) is 18.6 Å². The summed E-state index contributed by atoms with van der Waals surface area (Å²) < 4.78 is 6.11. The summed E-state index contributed by atoms with van der Waals surface area (Å²) in [4.78, 5) is 22.8. The molecule has 1 aromatic carbocycles. The summed E-state index contributed by atoms with van der Waals surface area (Å²) in [6, 6.07) is 14.4. The van der Waals surface area contributed by atoms with Crippen LogP contribution in [0, 0.1) is 12.8 Å². The van der Waals surface area contributed by atoms with Crippen molar-refractivity contribution in [2.45, 2.75) is 32.3 Å². The first-order valence-corrected chi connectivity index (χ1v) is 11.3. The molecule has 1 aliphatic heterocycles. The topological polar surface area (TPSA) is 78.9 Å². The van der Waals surface area contributed by atoms with Gasteiger partial charge in [-0.15, -0.1) is 0 Å². The van der Waals surface area contributed by atoms with Crippen molar-refractivity contribution in [3.05, 3.63) is 65.5 Å². The average molecular weight is 438 g/mol. The van der Waals surface area contributed by atoms with Gasteiger partial charge in [-0.25, -0.2) is 0 Å². The molecule has 7 nitrogen and oxygen atoms in total. The first-order valence-electron chi connectivity index (χ1n) is 11.3. The zero-order valence-corrected chi connectivity index (χ0v) is 19.4. The van der Waals surface area contributed by atoms with Gasteiger partial charge < -0.3 is 20.3 Å². The zero-order chi connectivity index (χ0) is 22.8. The number of aromatic nitrogens is 1. The lowest BCUT2D eigenvalue weighted by molar-refractivity contribution is -0.128. The second kappa shape index (κ2) is 12.2. The van der Waals surface area contributed by atoms with Crippen LogP contribution in [0.1, 0.15) is 35.8 Å². The molecule has 1 aromatic heterocycles. The van der Waals surface area contributed by atoms with Crippen LogP contribution in [0.25, 0.3) is 0 Å². The minimum absolute atomic E-state index is 0.0161. The Bertz CT molecular complexity index is 870. The molecule has 0 saturated carbocycles. The minimum atomic E-state index is 0.0161. The zero-order valence-electron chi connectivity index (χ0n) is 19.4. The van der Waals surface area contributed by atoms with E-state index in [9.17, 15) is 4.79 Å². The monoisotopic (exact) mass is 437 g/mol. The second-order valence-electron chi connectivity index (χ2n) is 8.30. The fourth-order valence-electron chi connectivity index (χ4n) is 3.87. The van der Waals surface area contributed by atoms with E-state index in [0.29, 0.717) is 18.4 Å². The van der Waals surface area contributed by atoms with Crippen LogP contribution in [0.15, 0.2) is 53.7 Å². The molecule has 0 bridgehead atoms. The van der Waals surface area contributed by atoms with Crippen molar-refractivity contribution < 1.29 is 9.53 Å². The van der Waals surface area contributed by atoms with Gasteiger partial charge in [-0.2, -0.15) is 0 Å². The van der Waals surface area contributed by atoms with Crippen LogP contribution in [0.2, 0.25) is 0 Å². The molecule has 1 amide bonds. The van der Waals surface area contributed by atoms with E-state index in [1.54, 1.807) is 18.1 Å². The number of ether oxygens (including phenoxy) is 1. The van der Waals surface area contributed by atoms with Crippen LogP contribution in [-0.4, -0.2) is 62.1 Å². The predicted molar refractivity (Wildman–Crippen MR) is 128 cm³/mol. The molecule has 3 rings (SSSR count). The van der Waals surface area contributed by atoms with Gasteiger partial charge in [0.25, 0.3) is 0 Å². The third-order valence-corrected chi connectivity index (χ3v) is 5.87. The molecular weight excluding hydrogens is 402 g/mol. The number of amides is 1. The lowest BCUT2D eigenvalue weighted by Gasteiger charge is -2.32. The Labute approximate surface area is 191 Å². The lowest BCUT2D eigenvalue weighted by atomic mass is 9.89. The van der Waals surface area contributed by atoms with Crippen molar-refractivity contribution in [2.75, 3.05) is 40.3 Å². The number of carbonyl (C=O) groups excluding carboxylic acids is 1. The van der Waals surface area contributed by atoms with Crippen molar-refractivity contribution in [3.8, 4) is 0 Å². The molecule has 2 aromatic rings. The van der Waals surface area contributed by atoms with E-state index in [1.165, 1.54) is 11.1 Å². The molecule has 172 valence electrons. The number of benzene rings is 1. The molecule has 1 aliphatic rings. The third kappa shape index (κ3) is 7.05. The van der Waals surface area contributed by atoms with E-state index in [0.717, 1.165) is 38.1 Å². The highest BCUT2D eigenvalue weighted by Gasteiger charge is 2.27. The fourth-order valence-corrected chi connectivity index (χ4v) is 3.87. The van der Waals surface area contributed by atoms with E-state index < -0.39 is 0 Å². The maximum absolute atomic E-state index is 12.5. The van der Waals surface area contributed by atoms with Crippen molar-refractivity contribution in [1.82, 2.24) is 20.5 Å². The molecule has 32 heavy (non-hydrogen) atoms. The highest BCUT2D eigenvalue weighted by Crippen LogP contribution is 2.33. The smallest absolute Gasteiger partial charge is 0.241 e. The van der Waals surface area contributed by atoms with E-state index in [1.807, 2.05) is 25.2 Å². The number of aryl methyl sites for hydroxylation is 1. The summed E-state index contributed by atoms with van der Waals surface area (Å²) in [5, 5.41) is 6.52. The molecule has 1 saturated heterocycles. The largest absolute Gasteiger partial charge is 0.373 e. The van der Waals surface area contributed by atoms with E-state index in [4.69, 9.17) is 4.74 Å². The number of aliphatic imine (C=N–C) groups is 1. The van der Waals surface area contributed by atoms with Gasteiger partial charge in [0.05, 0.1) is 12.6 Å². The summed E-state index contributed by atoms with van der Waals surface area (Å²) in [7, 11) is 3.54. The standard InChI is InChI=1S/C25H35N5O2/c1-19-9-11-20(12-10-19)24-21(7-6-16-32-24)17-28-25(26-2)29-18-23(31)30(3)15-13-22-8-4-5-14-27-22/h4-5,8-12,14,21,24H,6-7,13,15-18H2,1-3H3,(H2,26,28,29). The molecule has 2 atom stereocenters. The molecule has 0 radical (unpaired) electrons. The molecule has 0 spiro atoms. The highest BCUT2D eigenvalue weighted by atomic mass is 16.5. The Kier molecular flexibility index (Phi) is 9.04. The number of hydrogen-bond donors (Lipinski definition) is 2. The number of carbonyl (C=O) groups is 1. The van der Waals surface area contributed by atoms with Crippen LogP contribution >= 0.6 is 0 Å². The van der Waals surface area contributed by atoms with Gasteiger partial charge in [-0.3, -0.25) is 14.8 Å². The first-order chi connectivity index (χ1) is 15.6. The molecule has 0 aliphatic carbocycles. The molecular formula is C25H35N5O2. The third-order valence-electron chi connectivity index (χ3n) is 5.87. The van der Waals surface area contributed by atoms with Crippen LogP contribution in [0.5, 0.6) is 0 Å². The van der Waals surface area contributed by atoms with Crippen LogP contribution < -0.4 is 10.6 Å². The lowest BCUT2D eigenvalue weighted by Crippen LogP contribution is -2.46. The molecule has 2 heterocycles. The van der Waals surface area contributed by atoms with E-state index >= 15 is 0 Å². The Balaban J connectivity index is 1.45. The van der Waals surface area contributed by atoms with Gasteiger partial charge >= 0.3 is 0 Å². The van der Waals surface area contributed by atoms with E-state index in [2.05, 4.69) is 51.8 Å². The van der Waals surface area contributed by atoms with Crippen molar-refractivity contribution >= 4 is 11.9 Å². The van der Waals surface area contributed by atoms with Gasteiger partial charge in [-0.05, 0) is 37.5 Å². The Morgan fingerprint density at radius 1 is 1.22 bits per heavy atom. The molecule has 7 heteroatoms. The molecule has 2 unspecified atom stereocenters. The maximum Gasteiger partial charge on any atom is 0.241 e. The van der Waals surface area contributed by atoms with Crippen molar-refractivity contribution in [1.29, 1.82) is 0 Å². The van der Waals surface area contributed by atoms with Gasteiger partial charge in [-0.1, -0.05) is 35.9 Å². The number of guanidine groups is 1. The van der Waals surface area contributed by atoms with Crippen molar-refractivity contribution in [2.24, 2.45) is 10.9 Å². The maximum atomic E-state index is 12.5. The molecule has 1 fully saturated rings. The molecule has 2 N–H and O–H groups in total. The average Bonchev–Trinajstić information content (AvgIpc) is 2.84. The van der Waals surface area contributed by atoms with Gasteiger partial charge in [0.1, 0.15) is 0 Å². The number of nitrogens with one attached hydrogen (secondary N) is 2. The number of pyridine rings is 1. The highest BCUT2D eigenvalue weighted by molar-refractivity contribution is 5.86. The minimum Gasteiger partial charge on any atom is -0.373 e. The Morgan fingerprint density at radius 2 is 2.03 bits per heavy atom. The summed E-state index contributed by atoms with van der Waals surface area (Å²) in [6.45, 7) is 4.45. The summed E-state index contributed by atoms with van der Waals surface area (Å²) in [6.07, 6.45) is 4.74. The fraction of sp³-hybridized carbons (Fsp3) is 0.480. The summed E-state index contributed by atoms with van der Waals surface area (Å²) in [5.74, 6) is 0.994. The summed E-state index contributed by atoms with van der Waals surface area (Å²) >= 11 is 0. The van der Waals surface area contributed by atoms with Gasteiger partial charge in [0.2, 0.25) is 5.91 Å². The first kappa shape index (κ1) is 23.7. The van der Waals surface area contributed by atoms with Crippen LogP contribution in [0.3, 0.4) is 0 Å². The number of likely N-dealkylation sites (N-methyl/N-ethyl adjacent to an activating group) is 1. The summed E-state index contributed by atoms with van der Waals surface area (Å²) in [5.41, 5.74) is 3.45. The van der Waals surface area contributed by atoms with Crippen LogP contribution in [0.4, 0.5) is 0 Å². The number of hydrogen-bond acceptors (Lipinski definition) is 4. The van der Waals surface area contributed by atoms with Crippen LogP contribution in [-0.2, 0) is 16.0 Å². The Hall–Kier alpha value is -2.93. The second-order valence-corrected chi connectivity index (χ2v) is 8.30. The van der Waals surface area contributed by atoms with Gasteiger partial charge in [0, 0.05) is 58.0 Å². The number of nitrogens with zero attached hydrogens (tertiary/aromatic N) is 3. The van der Waals surface area contributed by atoms with Crippen molar-refractivity contribution in [3.63, 3.8) is 0 Å². The predicted octanol–water partition coefficient (Wildman–Crippen LogP) is 2.72. The normalized spacial score (nSPS) is 18.8. The van der Waals surface area contributed by atoms with Gasteiger partial charge in [0.15, 0.2) is 5.96 Å². The quantitative estimate of drug-likeness (QED) is 0.490. The SMILES string of the molecule is CN=C(NCC(=O)N(C)CCc1ccccn1)NCC1CCCOC1c1ccc(C)cc1. The Morgan fingerprint density at radius 3 is 2.75 bits per heavy atom. The number of rotatable bonds is 8.